The molecule has 6 nitrogen and oxygen atoms in total. The van der Waals surface area contributed by atoms with E-state index >= 15 is 0 Å². The maximum absolute atomic E-state index is 13.8. The molecule has 0 spiro atoms. The summed E-state index contributed by atoms with van der Waals surface area (Å²) in [7, 11) is 2.38. The van der Waals surface area contributed by atoms with Crippen LogP contribution in [0.2, 0.25) is 0 Å². The topological polar surface area (TPSA) is 64.4 Å². The largest absolute Gasteiger partial charge is 0.467 e. The molecule has 0 radical (unpaired) electrons. The van der Waals surface area contributed by atoms with Crippen molar-refractivity contribution in [2.24, 2.45) is 0 Å². The highest BCUT2D eigenvalue weighted by molar-refractivity contribution is 5.97. The van der Waals surface area contributed by atoms with E-state index in [1.165, 1.54) is 7.05 Å². The second kappa shape index (κ2) is 9.25. The Bertz CT molecular complexity index is 1150. The number of amides is 1. The van der Waals surface area contributed by atoms with E-state index in [0.29, 0.717) is 18.7 Å². The zero-order chi connectivity index (χ0) is 23.6. The summed E-state index contributed by atoms with van der Waals surface area (Å²) in [5.74, 6) is -6.11. The van der Waals surface area contributed by atoms with E-state index in [9.17, 15) is 22.8 Å². The quantitative estimate of drug-likeness (QED) is 0.426. The lowest BCUT2D eigenvalue weighted by molar-refractivity contribution is -0.145. The van der Waals surface area contributed by atoms with Crippen molar-refractivity contribution in [2.75, 3.05) is 14.2 Å². The first kappa shape index (κ1) is 23.1. The van der Waals surface area contributed by atoms with E-state index in [4.69, 9.17) is 4.74 Å². The molecule has 0 saturated carbocycles. The highest BCUT2D eigenvalue weighted by atomic mass is 19.2. The van der Waals surface area contributed by atoms with Crippen molar-refractivity contribution >= 4 is 11.9 Å². The van der Waals surface area contributed by atoms with Gasteiger partial charge in [0, 0.05) is 18.3 Å². The second-order valence-electron chi connectivity index (χ2n) is 7.43. The number of aromatic nitrogens is 2. The van der Waals surface area contributed by atoms with Crippen molar-refractivity contribution in [3.8, 4) is 0 Å². The van der Waals surface area contributed by atoms with Gasteiger partial charge in [0.2, 0.25) is 0 Å². The Hall–Kier alpha value is -3.62. The number of rotatable bonds is 6. The average molecular weight is 445 g/mol. The molecule has 0 aliphatic heterocycles. The van der Waals surface area contributed by atoms with Crippen LogP contribution >= 0.6 is 0 Å². The van der Waals surface area contributed by atoms with Gasteiger partial charge in [-0.2, -0.15) is 5.10 Å². The molecule has 0 N–H and O–H groups in total. The molecular formula is C23H22F3N3O3. The zero-order valence-electron chi connectivity index (χ0n) is 18.0. The Morgan fingerprint density at radius 2 is 1.75 bits per heavy atom. The molecule has 2 aromatic carbocycles. The van der Waals surface area contributed by atoms with Crippen LogP contribution in [-0.4, -0.2) is 40.7 Å². The van der Waals surface area contributed by atoms with Gasteiger partial charge in [-0.05, 0) is 55.3 Å². The molecule has 1 heterocycles. The first-order valence-corrected chi connectivity index (χ1v) is 9.71. The molecule has 0 aliphatic carbocycles. The number of halogens is 3. The van der Waals surface area contributed by atoms with Crippen molar-refractivity contribution in [1.82, 2.24) is 14.7 Å². The summed E-state index contributed by atoms with van der Waals surface area (Å²) < 4.78 is 47.4. The molecule has 32 heavy (non-hydrogen) atoms. The Balaban J connectivity index is 1.92. The Morgan fingerprint density at radius 1 is 1.09 bits per heavy atom. The van der Waals surface area contributed by atoms with Gasteiger partial charge in [-0.3, -0.25) is 9.48 Å². The van der Waals surface area contributed by atoms with E-state index < -0.39 is 35.4 Å². The summed E-state index contributed by atoms with van der Waals surface area (Å²) in [6.45, 7) is 4.23. The Kier molecular flexibility index (Phi) is 6.67. The third-order valence-electron chi connectivity index (χ3n) is 5.06. The number of hydrogen-bond acceptors (Lipinski definition) is 4. The average Bonchev–Trinajstić information content (AvgIpc) is 3.07. The van der Waals surface area contributed by atoms with Gasteiger partial charge in [0.05, 0.1) is 19.3 Å². The van der Waals surface area contributed by atoms with Gasteiger partial charge < -0.3 is 9.64 Å². The Morgan fingerprint density at radius 3 is 2.31 bits per heavy atom. The molecular weight excluding hydrogens is 423 g/mol. The van der Waals surface area contributed by atoms with Crippen LogP contribution in [-0.2, 0) is 16.1 Å². The van der Waals surface area contributed by atoms with Gasteiger partial charge >= 0.3 is 5.97 Å². The molecule has 0 unspecified atom stereocenters. The summed E-state index contributed by atoms with van der Waals surface area (Å²) in [6.07, 6.45) is 0. The van der Waals surface area contributed by atoms with Crippen LogP contribution in [0, 0.1) is 31.3 Å². The number of esters is 1. The number of methoxy groups -OCH3 is 1. The monoisotopic (exact) mass is 445 g/mol. The van der Waals surface area contributed by atoms with E-state index in [-0.39, 0.29) is 11.1 Å². The predicted octanol–water partition coefficient (Wildman–Crippen LogP) is 3.95. The van der Waals surface area contributed by atoms with Crippen LogP contribution in [0.25, 0.3) is 0 Å². The third kappa shape index (κ3) is 4.66. The van der Waals surface area contributed by atoms with Crippen LogP contribution in [0.4, 0.5) is 13.2 Å². The number of nitrogens with zero attached hydrogens (tertiary/aromatic N) is 3. The maximum atomic E-state index is 13.8. The van der Waals surface area contributed by atoms with Crippen molar-refractivity contribution in [2.45, 2.75) is 26.4 Å². The normalized spacial score (nSPS) is 11.8. The minimum atomic E-state index is -1.66. The smallest absolute Gasteiger partial charge is 0.333 e. The number of likely N-dealkylation sites (N-methyl/N-ethyl adjacent to an activating group) is 1. The third-order valence-corrected chi connectivity index (χ3v) is 5.06. The van der Waals surface area contributed by atoms with Crippen LogP contribution in [0.3, 0.4) is 0 Å². The Labute approximate surface area is 183 Å². The fraction of sp³-hybridized carbons (Fsp3) is 0.261. The second-order valence-corrected chi connectivity index (χ2v) is 7.43. The number of ether oxygens (including phenoxy) is 1. The molecule has 0 saturated heterocycles. The number of hydrogen-bond donors (Lipinski definition) is 0. The molecule has 3 aromatic rings. The lowest BCUT2D eigenvalue weighted by Crippen LogP contribution is -2.36. The fourth-order valence-electron chi connectivity index (χ4n) is 3.49. The lowest BCUT2D eigenvalue weighted by atomic mass is 10.0. The van der Waals surface area contributed by atoms with Crippen LogP contribution < -0.4 is 0 Å². The SMILES string of the molecule is COC(=O)[C@H](c1cc(F)c(F)c(F)c1)N(C)C(=O)c1cccc(Cn2nc(C)cc2C)c1. The molecule has 3 rings (SSSR count). The van der Waals surface area contributed by atoms with Gasteiger partial charge in [-0.15, -0.1) is 0 Å². The molecule has 1 atom stereocenters. The van der Waals surface area contributed by atoms with Crippen molar-refractivity contribution in [3.63, 3.8) is 0 Å². The van der Waals surface area contributed by atoms with E-state index in [1.807, 2.05) is 26.0 Å². The minimum absolute atomic E-state index is 0.247. The number of carbonyl (C=O) groups is 2. The standard InChI is InChI=1S/C23H22F3N3O3/c1-13-8-14(2)29(27-13)12-15-6-5-7-16(9-15)22(30)28(3)21(23(31)32-4)17-10-18(24)20(26)19(25)11-17/h5-11,21H,12H2,1-4H3/t21-/m0/s1. The number of benzene rings is 2. The van der Waals surface area contributed by atoms with E-state index in [0.717, 1.165) is 29.0 Å². The number of carbonyl (C=O) groups excluding carboxylic acids is 2. The molecule has 168 valence electrons. The number of aryl methyl sites for hydroxylation is 2. The molecule has 9 heteroatoms. The molecule has 1 amide bonds. The van der Waals surface area contributed by atoms with Gasteiger partial charge in [-0.25, -0.2) is 18.0 Å². The first-order chi connectivity index (χ1) is 15.1. The lowest BCUT2D eigenvalue weighted by Gasteiger charge is -2.27. The molecule has 0 aliphatic rings. The minimum Gasteiger partial charge on any atom is -0.467 e. The van der Waals surface area contributed by atoms with Crippen molar-refractivity contribution < 1.29 is 27.5 Å². The van der Waals surface area contributed by atoms with Crippen LogP contribution in [0.5, 0.6) is 0 Å². The van der Waals surface area contributed by atoms with E-state index in [2.05, 4.69) is 5.10 Å². The summed E-state index contributed by atoms with van der Waals surface area (Å²) in [4.78, 5) is 26.5. The highest BCUT2D eigenvalue weighted by Crippen LogP contribution is 2.26. The van der Waals surface area contributed by atoms with Gasteiger partial charge in [-0.1, -0.05) is 12.1 Å². The summed E-state index contributed by atoms with van der Waals surface area (Å²) in [5.41, 5.74) is 2.63. The van der Waals surface area contributed by atoms with Gasteiger partial charge in [0.25, 0.3) is 5.91 Å². The zero-order valence-corrected chi connectivity index (χ0v) is 18.0. The summed E-state index contributed by atoms with van der Waals surface area (Å²) in [5, 5.41) is 4.40. The predicted molar refractivity (Wildman–Crippen MR) is 110 cm³/mol. The molecule has 0 fully saturated rings. The molecule has 1 aromatic heterocycles. The summed E-state index contributed by atoms with van der Waals surface area (Å²) in [6, 6.07) is 8.52. The molecule has 0 bridgehead atoms. The van der Waals surface area contributed by atoms with Crippen molar-refractivity contribution in [1.29, 1.82) is 0 Å². The maximum Gasteiger partial charge on any atom is 0.333 e. The fourth-order valence-corrected chi connectivity index (χ4v) is 3.49. The first-order valence-electron chi connectivity index (χ1n) is 9.71. The van der Waals surface area contributed by atoms with Gasteiger partial charge in [0.1, 0.15) is 0 Å². The van der Waals surface area contributed by atoms with Crippen LogP contribution in [0.1, 0.15) is 38.9 Å². The van der Waals surface area contributed by atoms with Gasteiger partial charge in [0.15, 0.2) is 23.5 Å². The highest BCUT2D eigenvalue weighted by Gasteiger charge is 2.32. The van der Waals surface area contributed by atoms with Crippen LogP contribution in [0.15, 0.2) is 42.5 Å². The van der Waals surface area contributed by atoms with Crippen molar-refractivity contribution in [3.05, 3.63) is 88.0 Å². The van der Waals surface area contributed by atoms with E-state index in [1.54, 1.807) is 22.9 Å². The summed E-state index contributed by atoms with van der Waals surface area (Å²) >= 11 is 0.